The van der Waals surface area contributed by atoms with Gasteiger partial charge in [0.05, 0.1) is 10.9 Å². The Hall–Kier alpha value is -1.68. The predicted molar refractivity (Wildman–Crippen MR) is 78.5 cm³/mol. The second-order valence-electron chi connectivity index (χ2n) is 5.14. The largest absolute Gasteiger partial charge is 0.310 e. The molecule has 0 atom stereocenters. The average molecular weight is 259 g/mol. The summed E-state index contributed by atoms with van der Waals surface area (Å²) in [5, 5.41) is 0.666. The van der Waals surface area contributed by atoms with E-state index < -0.39 is 0 Å². The van der Waals surface area contributed by atoms with Gasteiger partial charge in [0.25, 0.3) is 5.56 Å². The molecule has 2 rings (SSSR count). The van der Waals surface area contributed by atoms with Gasteiger partial charge >= 0.3 is 0 Å². The first kappa shape index (κ1) is 13.7. The molecule has 0 spiro atoms. The van der Waals surface area contributed by atoms with E-state index in [2.05, 4.69) is 29.0 Å². The molecule has 4 nitrogen and oxygen atoms in total. The molecule has 19 heavy (non-hydrogen) atoms. The molecule has 1 aromatic heterocycles. The first-order valence-corrected chi connectivity index (χ1v) is 6.79. The highest BCUT2D eigenvalue weighted by Gasteiger charge is 2.02. The van der Waals surface area contributed by atoms with E-state index in [1.807, 2.05) is 24.3 Å². The number of para-hydroxylation sites is 1. The van der Waals surface area contributed by atoms with Crippen molar-refractivity contribution in [1.82, 2.24) is 14.9 Å². The van der Waals surface area contributed by atoms with Gasteiger partial charge < -0.3 is 9.88 Å². The quantitative estimate of drug-likeness (QED) is 0.809. The molecule has 102 valence electrons. The van der Waals surface area contributed by atoms with Crippen LogP contribution in [0.3, 0.4) is 0 Å². The van der Waals surface area contributed by atoms with Crippen LogP contribution in [-0.4, -0.2) is 35.5 Å². The summed E-state index contributed by atoms with van der Waals surface area (Å²) in [5.41, 5.74) is 0.753. The Morgan fingerprint density at radius 3 is 2.74 bits per heavy atom. The van der Waals surface area contributed by atoms with Crippen LogP contribution in [0.1, 0.15) is 25.1 Å². The second-order valence-corrected chi connectivity index (χ2v) is 5.14. The fraction of sp³-hybridized carbons (Fsp3) is 0.467. The molecule has 0 saturated heterocycles. The predicted octanol–water partition coefficient (Wildman–Crippen LogP) is 2.20. The molecule has 0 aliphatic heterocycles. The number of fused-ring (bicyclic) bond motifs is 1. The fourth-order valence-corrected chi connectivity index (χ4v) is 2.15. The molecule has 1 aromatic carbocycles. The summed E-state index contributed by atoms with van der Waals surface area (Å²) in [4.78, 5) is 21.4. The normalized spacial score (nSPS) is 11.3. The van der Waals surface area contributed by atoms with Crippen molar-refractivity contribution in [2.75, 3.05) is 20.6 Å². The average Bonchev–Trinajstić information content (AvgIpc) is 2.38. The van der Waals surface area contributed by atoms with Gasteiger partial charge in [-0.25, -0.2) is 4.98 Å². The molecule has 0 bridgehead atoms. The molecule has 0 saturated carbocycles. The van der Waals surface area contributed by atoms with E-state index in [9.17, 15) is 4.79 Å². The Labute approximate surface area is 113 Å². The maximum atomic E-state index is 11.9. The topological polar surface area (TPSA) is 49.0 Å². The van der Waals surface area contributed by atoms with Gasteiger partial charge in [-0.05, 0) is 45.6 Å². The number of aryl methyl sites for hydroxylation is 1. The van der Waals surface area contributed by atoms with E-state index >= 15 is 0 Å². The minimum Gasteiger partial charge on any atom is -0.310 e. The van der Waals surface area contributed by atoms with E-state index in [1.165, 1.54) is 6.42 Å². The third-order valence-corrected chi connectivity index (χ3v) is 3.18. The molecular weight excluding hydrogens is 238 g/mol. The number of benzene rings is 1. The lowest BCUT2D eigenvalue weighted by molar-refractivity contribution is 0.391. The maximum absolute atomic E-state index is 11.9. The molecule has 4 heteroatoms. The van der Waals surface area contributed by atoms with Crippen molar-refractivity contribution in [3.8, 4) is 0 Å². The zero-order valence-electron chi connectivity index (χ0n) is 11.6. The van der Waals surface area contributed by atoms with Gasteiger partial charge in [-0.1, -0.05) is 18.6 Å². The highest BCUT2D eigenvalue weighted by molar-refractivity contribution is 5.77. The number of rotatable bonds is 6. The first-order valence-electron chi connectivity index (χ1n) is 6.79. The first-order chi connectivity index (χ1) is 9.16. The van der Waals surface area contributed by atoms with E-state index in [0.29, 0.717) is 5.39 Å². The van der Waals surface area contributed by atoms with Gasteiger partial charge in [0.15, 0.2) is 0 Å². The van der Waals surface area contributed by atoms with Crippen molar-refractivity contribution in [3.05, 3.63) is 40.4 Å². The van der Waals surface area contributed by atoms with E-state index in [-0.39, 0.29) is 5.56 Å². The summed E-state index contributed by atoms with van der Waals surface area (Å²) < 4.78 is 0. The Bertz CT molecular complexity index is 589. The summed E-state index contributed by atoms with van der Waals surface area (Å²) in [5.74, 6) is 0.800. The fourth-order valence-electron chi connectivity index (χ4n) is 2.15. The number of nitrogens with zero attached hydrogens (tertiary/aromatic N) is 2. The number of aromatic nitrogens is 2. The van der Waals surface area contributed by atoms with Crippen molar-refractivity contribution in [2.24, 2.45) is 0 Å². The van der Waals surface area contributed by atoms with Gasteiger partial charge in [-0.2, -0.15) is 0 Å². The van der Waals surface area contributed by atoms with E-state index in [1.54, 1.807) is 0 Å². The van der Waals surface area contributed by atoms with Gasteiger partial charge in [0, 0.05) is 6.42 Å². The van der Waals surface area contributed by atoms with Gasteiger partial charge in [-0.3, -0.25) is 4.79 Å². The number of aromatic amines is 1. The molecule has 1 N–H and O–H groups in total. The van der Waals surface area contributed by atoms with Crippen LogP contribution >= 0.6 is 0 Å². The van der Waals surface area contributed by atoms with Crippen molar-refractivity contribution in [1.29, 1.82) is 0 Å². The minimum atomic E-state index is -0.0334. The molecule has 0 radical (unpaired) electrons. The highest BCUT2D eigenvalue weighted by Crippen LogP contribution is 2.07. The lowest BCUT2D eigenvalue weighted by atomic mass is 10.1. The summed E-state index contributed by atoms with van der Waals surface area (Å²) in [6.45, 7) is 1.11. The highest BCUT2D eigenvalue weighted by atomic mass is 16.1. The Balaban J connectivity index is 1.96. The second kappa shape index (κ2) is 6.48. The van der Waals surface area contributed by atoms with Crippen LogP contribution in [-0.2, 0) is 6.42 Å². The molecule has 2 aromatic rings. The van der Waals surface area contributed by atoms with Gasteiger partial charge in [-0.15, -0.1) is 0 Å². The molecule has 0 aliphatic rings. The van der Waals surface area contributed by atoms with Crippen molar-refractivity contribution in [3.63, 3.8) is 0 Å². The molecular formula is C15H21N3O. The number of hydrogen-bond donors (Lipinski definition) is 1. The summed E-state index contributed by atoms with van der Waals surface area (Å²) in [6, 6.07) is 7.47. The third kappa shape index (κ3) is 3.89. The van der Waals surface area contributed by atoms with Crippen LogP contribution in [0.2, 0.25) is 0 Å². The van der Waals surface area contributed by atoms with E-state index in [0.717, 1.165) is 37.1 Å². The third-order valence-electron chi connectivity index (χ3n) is 3.18. The maximum Gasteiger partial charge on any atom is 0.258 e. The summed E-state index contributed by atoms with van der Waals surface area (Å²) >= 11 is 0. The van der Waals surface area contributed by atoms with Crippen LogP contribution in [0.4, 0.5) is 0 Å². The standard InChI is InChI=1S/C15H21N3O/c1-18(2)11-7-3-4-10-14-16-13-9-6-5-8-12(13)15(19)17-14/h5-6,8-9H,3-4,7,10-11H2,1-2H3,(H,16,17,19). The van der Waals surface area contributed by atoms with Crippen molar-refractivity contribution in [2.45, 2.75) is 25.7 Å². The summed E-state index contributed by atoms with van der Waals surface area (Å²) in [7, 11) is 4.17. The zero-order valence-corrected chi connectivity index (χ0v) is 11.6. The zero-order chi connectivity index (χ0) is 13.7. The van der Waals surface area contributed by atoms with E-state index in [4.69, 9.17) is 0 Å². The Morgan fingerprint density at radius 1 is 1.16 bits per heavy atom. The summed E-state index contributed by atoms with van der Waals surface area (Å²) in [6.07, 6.45) is 4.25. The number of hydrogen-bond acceptors (Lipinski definition) is 3. The number of H-pyrrole nitrogens is 1. The van der Waals surface area contributed by atoms with Crippen LogP contribution in [0.25, 0.3) is 10.9 Å². The van der Waals surface area contributed by atoms with Crippen LogP contribution in [0.15, 0.2) is 29.1 Å². The molecule has 0 unspecified atom stereocenters. The lowest BCUT2D eigenvalue weighted by Crippen LogP contribution is -2.13. The monoisotopic (exact) mass is 259 g/mol. The molecule has 1 heterocycles. The number of nitrogens with one attached hydrogen (secondary N) is 1. The lowest BCUT2D eigenvalue weighted by Gasteiger charge is -2.08. The SMILES string of the molecule is CN(C)CCCCCc1nc2ccccc2c(=O)[nH]1. The molecule has 0 aliphatic carbocycles. The van der Waals surface area contributed by atoms with Gasteiger partial charge in [0.1, 0.15) is 5.82 Å². The van der Waals surface area contributed by atoms with Crippen LogP contribution in [0.5, 0.6) is 0 Å². The van der Waals surface area contributed by atoms with Gasteiger partial charge in [0.2, 0.25) is 0 Å². The van der Waals surface area contributed by atoms with Crippen LogP contribution in [0, 0.1) is 0 Å². The van der Waals surface area contributed by atoms with Crippen LogP contribution < -0.4 is 5.56 Å². The molecule has 0 fully saturated rings. The van der Waals surface area contributed by atoms with Crippen molar-refractivity contribution < 1.29 is 0 Å². The Morgan fingerprint density at radius 2 is 1.95 bits per heavy atom. The number of unbranched alkanes of at least 4 members (excludes halogenated alkanes) is 2. The molecule has 0 amide bonds. The van der Waals surface area contributed by atoms with Crippen molar-refractivity contribution >= 4 is 10.9 Å². The Kier molecular flexibility index (Phi) is 4.68. The smallest absolute Gasteiger partial charge is 0.258 e. The minimum absolute atomic E-state index is 0.0334.